The van der Waals surface area contributed by atoms with Gasteiger partial charge in [0.15, 0.2) is 22.5 Å². The molecular weight excluding hydrogens is 360 g/mol. The van der Waals surface area contributed by atoms with Crippen molar-refractivity contribution in [1.29, 1.82) is 0 Å². The standard InChI is InChI=1S/C16H16N4O3S2/c1-2-20-15(13-4-3-7-24-13)18-19-16(20)25-9-14(23)17-10-5-6-11(21)12(22)8-10/h3-8,21-22H,2,9H2,1H3,(H,17,23). The van der Waals surface area contributed by atoms with E-state index in [2.05, 4.69) is 15.5 Å². The maximum atomic E-state index is 12.1. The minimum atomic E-state index is -0.281. The monoisotopic (exact) mass is 376 g/mol. The van der Waals surface area contributed by atoms with Gasteiger partial charge in [0.05, 0.1) is 10.6 Å². The Morgan fingerprint density at radius 3 is 2.80 bits per heavy atom. The summed E-state index contributed by atoms with van der Waals surface area (Å²) < 4.78 is 1.97. The van der Waals surface area contributed by atoms with Crippen molar-refractivity contribution in [3.8, 4) is 22.2 Å². The summed E-state index contributed by atoms with van der Waals surface area (Å²) in [7, 11) is 0. The second-order valence-corrected chi connectivity index (χ2v) is 6.96. The minimum absolute atomic E-state index is 0.157. The van der Waals surface area contributed by atoms with Gasteiger partial charge in [-0.3, -0.25) is 4.79 Å². The van der Waals surface area contributed by atoms with Crippen molar-refractivity contribution in [2.24, 2.45) is 0 Å². The van der Waals surface area contributed by atoms with Crippen LogP contribution in [0.3, 0.4) is 0 Å². The third-order valence-electron chi connectivity index (χ3n) is 3.37. The third-order valence-corrected chi connectivity index (χ3v) is 5.20. The Morgan fingerprint density at radius 1 is 1.28 bits per heavy atom. The molecule has 1 amide bonds. The molecule has 2 aromatic heterocycles. The van der Waals surface area contributed by atoms with E-state index in [0.29, 0.717) is 17.4 Å². The van der Waals surface area contributed by atoms with E-state index >= 15 is 0 Å². The Bertz CT molecular complexity index is 878. The molecule has 0 saturated carbocycles. The number of rotatable bonds is 6. The number of thioether (sulfide) groups is 1. The lowest BCUT2D eigenvalue weighted by Crippen LogP contribution is -2.14. The highest BCUT2D eigenvalue weighted by atomic mass is 32.2. The molecule has 0 radical (unpaired) electrons. The lowest BCUT2D eigenvalue weighted by molar-refractivity contribution is -0.113. The number of carbonyl (C=O) groups is 1. The van der Waals surface area contributed by atoms with Crippen LogP contribution in [-0.4, -0.2) is 36.6 Å². The predicted octanol–water partition coefficient (Wildman–Crippen LogP) is 3.17. The number of nitrogens with one attached hydrogen (secondary N) is 1. The van der Waals surface area contributed by atoms with Gasteiger partial charge in [-0.25, -0.2) is 0 Å². The van der Waals surface area contributed by atoms with Crippen molar-refractivity contribution in [1.82, 2.24) is 14.8 Å². The number of aromatic nitrogens is 3. The first kappa shape index (κ1) is 17.3. The lowest BCUT2D eigenvalue weighted by Gasteiger charge is -2.07. The van der Waals surface area contributed by atoms with E-state index in [1.807, 2.05) is 29.0 Å². The quantitative estimate of drug-likeness (QED) is 0.347. The Kier molecular flexibility index (Phi) is 5.25. The van der Waals surface area contributed by atoms with Crippen LogP contribution in [0.25, 0.3) is 10.7 Å². The summed E-state index contributed by atoms with van der Waals surface area (Å²) in [5.74, 6) is 0.202. The smallest absolute Gasteiger partial charge is 0.234 e. The molecular formula is C16H16N4O3S2. The number of hydrogen-bond donors (Lipinski definition) is 3. The van der Waals surface area contributed by atoms with E-state index in [4.69, 9.17) is 0 Å². The molecule has 0 unspecified atom stereocenters. The molecule has 0 aliphatic rings. The number of amides is 1. The Morgan fingerprint density at radius 2 is 2.12 bits per heavy atom. The van der Waals surface area contributed by atoms with Gasteiger partial charge >= 0.3 is 0 Å². The summed E-state index contributed by atoms with van der Waals surface area (Å²) in [6.45, 7) is 2.71. The maximum Gasteiger partial charge on any atom is 0.234 e. The highest BCUT2D eigenvalue weighted by molar-refractivity contribution is 7.99. The van der Waals surface area contributed by atoms with Gasteiger partial charge in [-0.2, -0.15) is 0 Å². The van der Waals surface area contributed by atoms with E-state index in [0.717, 1.165) is 10.7 Å². The van der Waals surface area contributed by atoms with Gasteiger partial charge in [-0.15, -0.1) is 21.5 Å². The molecule has 0 fully saturated rings. The number of anilines is 1. The Hall–Kier alpha value is -2.52. The highest BCUT2D eigenvalue weighted by Gasteiger charge is 2.15. The van der Waals surface area contributed by atoms with Gasteiger partial charge in [-0.05, 0) is 30.5 Å². The number of hydrogen-bond acceptors (Lipinski definition) is 7. The van der Waals surface area contributed by atoms with E-state index in [9.17, 15) is 15.0 Å². The lowest BCUT2D eigenvalue weighted by atomic mass is 10.3. The number of carbonyl (C=O) groups excluding carboxylic acids is 1. The van der Waals surface area contributed by atoms with Crippen LogP contribution in [0.15, 0.2) is 40.9 Å². The molecule has 130 valence electrons. The average molecular weight is 376 g/mol. The zero-order valence-corrected chi connectivity index (χ0v) is 15.0. The first-order valence-electron chi connectivity index (χ1n) is 7.50. The van der Waals surface area contributed by atoms with E-state index in [1.165, 1.54) is 30.0 Å². The van der Waals surface area contributed by atoms with Crippen molar-refractivity contribution in [3.05, 3.63) is 35.7 Å². The summed E-state index contributed by atoms with van der Waals surface area (Å²) >= 11 is 2.89. The van der Waals surface area contributed by atoms with E-state index in [1.54, 1.807) is 11.3 Å². The molecule has 0 bridgehead atoms. The van der Waals surface area contributed by atoms with Gasteiger partial charge in [-0.1, -0.05) is 17.8 Å². The third kappa shape index (κ3) is 3.94. The van der Waals surface area contributed by atoms with Gasteiger partial charge in [0.2, 0.25) is 5.91 Å². The van der Waals surface area contributed by atoms with Crippen molar-refractivity contribution in [2.45, 2.75) is 18.6 Å². The predicted molar refractivity (Wildman–Crippen MR) is 98.1 cm³/mol. The maximum absolute atomic E-state index is 12.1. The van der Waals surface area contributed by atoms with Crippen LogP contribution in [0.4, 0.5) is 5.69 Å². The SMILES string of the molecule is CCn1c(SCC(=O)Nc2ccc(O)c(O)c2)nnc1-c1cccs1. The number of nitrogens with zero attached hydrogens (tertiary/aromatic N) is 3. The first-order chi connectivity index (χ1) is 12.1. The second kappa shape index (κ2) is 7.58. The average Bonchev–Trinajstić information content (AvgIpc) is 3.24. The summed E-state index contributed by atoms with van der Waals surface area (Å²) in [6.07, 6.45) is 0. The van der Waals surface area contributed by atoms with Crippen LogP contribution in [0.1, 0.15) is 6.92 Å². The van der Waals surface area contributed by atoms with Crippen molar-refractivity contribution in [3.63, 3.8) is 0 Å². The van der Waals surface area contributed by atoms with Crippen LogP contribution in [-0.2, 0) is 11.3 Å². The largest absolute Gasteiger partial charge is 0.504 e. The first-order valence-corrected chi connectivity index (χ1v) is 9.36. The van der Waals surface area contributed by atoms with Crippen LogP contribution < -0.4 is 5.32 Å². The Labute approximate surface area is 152 Å². The van der Waals surface area contributed by atoms with Crippen molar-refractivity contribution >= 4 is 34.7 Å². The zero-order valence-electron chi connectivity index (χ0n) is 13.3. The molecule has 3 rings (SSSR count). The van der Waals surface area contributed by atoms with Gasteiger partial charge in [0, 0.05) is 18.3 Å². The molecule has 0 saturated heterocycles. The van der Waals surface area contributed by atoms with Crippen LogP contribution in [0.2, 0.25) is 0 Å². The number of phenolic OH excluding ortho intramolecular Hbond substituents is 2. The highest BCUT2D eigenvalue weighted by Crippen LogP contribution is 2.29. The fraction of sp³-hybridized carbons (Fsp3) is 0.188. The normalized spacial score (nSPS) is 10.8. The molecule has 9 heteroatoms. The number of aromatic hydroxyl groups is 2. The number of thiophene rings is 1. The summed E-state index contributed by atoms with van der Waals surface area (Å²) in [4.78, 5) is 13.1. The molecule has 3 N–H and O–H groups in total. The molecule has 1 aromatic carbocycles. The molecule has 25 heavy (non-hydrogen) atoms. The fourth-order valence-electron chi connectivity index (χ4n) is 2.20. The van der Waals surface area contributed by atoms with Crippen molar-refractivity contribution in [2.75, 3.05) is 11.1 Å². The summed E-state index contributed by atoms with van der Waals surface area (Å²) in [5.41, 5.74) is 0.414. The van der Waals surface area contributed by atoms with E-state index in [-0.39, 0.29) is 23.2 Å². The molecule has 0 atom stereocenters. The molecule has 0 aliphatic heterocycles. The van der Waals surface area contributed by atoms with Gasteiger partial charge < -0.3 is 20.1 Å². The van der Waals surface area contributed by atoms with Crippen LogP contribution in [0.5, 0.6) is 11.5 Å². The minimum Gasteiger partial charge on any atom is -0.504 e. The van der Waals surface area contributed by atoms with Gasteiger partial charge in [0.1, 0.15) is 0 Å². The molecule has 2 heterocycles. The summed E-state index contributed by atoms with van der Waals surface area (Å²) in [6, 6.07) is 8.07. The summed E-state index contributed by atoms with van der Waals surface area (Å²) in [5, 5.41) is 32.5. The van der Waals surface area contributed by atoms with Gasteiger partial charge in [0.25, 0.3) is 0 Å². The van der Waals surface area contributed by atoms with Crippen LogP contribution >= 0.6 is 23.1 Å². The van der Waals surface area contributed by atoms with Crippen LogP contribution in [0, 0.1) is 0 Å². The second-order valence-electron chi connectivity index (χ2n) is 5.07. The Balaban J connectivity index is 1.65. The van der Waals surface area contributed by atoms with Crippen molar-refractivity contribution < 1.29 is 15.0 Å². The number of benzene rings is 1. The fourth-order valence-corrected chi connectivity index (χ4v) is 3.72. The number of phenols is 2. The molecule has 3 aromatic rings. The zero-order chi connectivity index (χ0) is 17.8. The molecule has 7 nitrogen and oxygen atoms in total. The molecule has 0 aliphatic carbocycles. The van der Waals surface area contributed by atoms with E-state index < -0.39 is 0 Å². The molecule has 0 spiro atoms. The topological polar surface area (TPSA) is 100 Å².